The van der Waals surface area contributed by atoms with Gasteiger partial charge in [-0.1, -0.05) is 13.3 Å². The lowest BCUT2D eigenvalue weighted by Crippen LogP contribution is -1.78. The van der Waals surface area contributed by atoms with Crippen molar-refractivity contribution in [2.24, 2.45) is 0 Å². The fraction of sp³-hybridized carbons (Fsp3) is 0.500. The van der Waals surface area contributed by atoms with E-state index in [1.807, 2.05) is 6.92 Å². The zero-order valence-electron chi connectivity index (χ0n) is 7.77. The van der Waals surface area contributed by atoms with Crippen LogP contribution in [0.3, 0.4) is 0 Å². The number of hydrogen-bond acceptors (Lipinski definition) is 0. The van der Waals surface area contributed by atoms with Gasteiger partial charge in [0, 0.05) is 0 Å². The van der Waals surface area contributed by atoms with E-state index < -0.39 is 23.8 Å². The Kier molecular flexibility index (Phi) is 10.4. The summed E-state index contributed by atoms with van der Waals surface area (Å²) < 4.78 is 77.5. The van der Waals surface area contributed by atoms with Crippen molar-refractivity contribution >= 4 is 0 Å². The highest BCUT2D eigenvalue weighted by molar-refractivity contribution is 5.19. The molecule has 0 spiro atoms. The summed E-state index contributed by atoms with van der Waals surface area (Å²) in [7, 11) is 0. The second-order valence-corrected chi connectivity index (χ2v) is 2.19. The standard InChI is InChI=1S/C4F6.C4H9F/c5-1(3(7)8)2(6)4(9)10;1-2-3-4-5/h;2-4H2,1H3. The molecule has 0 saturated carbocycles. The lowest BCUT2D eigenvalue weighted by Gasteiger charge is -1.87. The van der Waals surface area contributed by atoms with E-state index in [4.69, 9.17) is 0 Å². The molecule has 0 N–H and O–H groups in total. The first-order valence-electron chi connectivity index (χ1n) is 3.86. The van der Waals surface area contributed by atoms with Crippen LogP contribution < -0.4 is 0 Å². The van der Waals surface area contributed by atoms with Gasteiger partial charge in [-0.3, -0.25) is 4.39 Å². The predicted octanol–water partition coefficient (Wildman–Crippen LogP) is 4.90. The van der Waals surface area contributed by atoms with E-state index >= 15 is 0 Å². The molecule has 7 heteroatoms. The molecule has 90 valence electrons. The first kappa shape index (κ1) is 16.4. The first-order chi connectivity index (χ1) is 6.88. The molecule has 0 aromatic rings. The largest absolute Gasteiger partial charge is 0.308 e. The first-order valence-corrected chi connectivity index (χ1v) is 3.86. The molecule has 15 heavy (non-hydrogen) atoms. The minimum absolute atomic E-state index is 0.156. The van der Waals surface area contributed by atoms with Crippen molar-refractivity contribution in [3.05, 3.63) is 23.8 Å². The third-order valence-electron chi connectivity index (χ3n) is 1.01. The van der Waals surface area contributed by atoms with E-state index in [0.717, 1.165) is 12.8 Å². The quantitative estimate of drug-likeness (QED) is 0.484. The molecule has 0 amide bonds. The highest BCUT2D eigenvalue weighted by Crippen LogP contribution is 2.23. The van der Waals surface area contributed by atoms with Gasteiger partial charge >= 0.3 is 12.2 Å². The number of halogens is 7. The van der Waals surface area contributed by atoms with Crippen LogP contribution in [0.2, 0.25) is 0 Å². The molecule has 0 rings (SSSR count). The molecule has 0 aromatic carbocycles. The zero-order valence-corrected chi connectivity index (χ0v) is 7.77. The van der Waals surface area contributed by atoms with Crippen molar-refractivity contribution in [3.8, 4) is 0 Å². The Balaban J connectivity index is 0. The summed E-state index contributed by atoms with van der Waals surface area (Å²) >= 11 is 0. The Morgan fingerprint density at radius 1 is 0.800 bits per heavy atom. The average molecular weight is 238 g/mol. The van der Waals surface area contributed by atoms with Crippen LogP contribution in [0.1, 0.15) is 19.8 Å². The van der Waals surface area contributed by atoms with Crippen LogP contribution in [-0.4, -0.2) is 6.67 Å². The maximum atomic E-state index is 11.4. The molecule has 0 aromatic heterocycles. The van der Waals surface area contributed by atoms with Crippen LogP contribution in [0.4, 0.5) is 30.7 Å². The van der Waals surface area contributed by atoms with Gasteiger partial charge in [-0.25, -0.2) is 0 Å². The van der Waals surface area contributed by atoms with Crippen LogP contribution in [0.5, 0.6) is 0 Å². The summed E-state index contributed by atoms with van der Waals surface area (Å²) in [5.41, 5.74) is 0. The Hall–Kier alpha value is -1.01. The van der Waals surface area contributed by atoms with Gasteiger partial charge in [0.1, 0.15) is 0 Å². The van der Waals surface area contributed by atoms with Gasteiger partial charge in [-0.05, 0) is 6.42 Å². The molecule has 0 saturated heterocycles. The monoisotopic (exact) mass is 238 g/mol. The minimum atomic E-state index is -3.11. The van der Waals surface area contributed by atoms with Crippen molar-refractivity contribution < 1.29 is 30.7 Å². The molecule has 0 nitrogen and oxygen atoms in total. The van der Waals surface area contributed by atoms with Crippen LogP contribution in [0.25, 0.3) is 0 Å². The summed E-state index contributed by atoms with van der Waals surface area (Å²) in [6.07, 6.45) is -4.52. The van der Waals surface area contributed by atoms with Gasteiger partial charge in [-0.15, -0.1) is 0 Å². The average Bonchev–Trinajstić information content (AvgIpc) is 2.17. The van der Waals surface area contributed by atoms with Crippen molar-refractivity contribution in [1.29, 1.82) is 0 Å². The SMILES string of the molecule is CCCCF.FC(F)=C(F)C(F)=C(F)F. The number of unbranched alkanes of at least 4 members (excludes halogenated alkanes) is 1. The summed E-state index contributed by atoms with van der Waals surface area (Å²) in [5.74, 6) is -5.64. The fourth-order valence-electron chi connectivity index (χ4n) is 0.300. The Bertz CT molecular complexity index is 199. The predicted molar refractivity (Wildman–Crippen MR) is 41.6 cm³/mol. The normalized spacial score (nSPS) is 8.80. The maximum absolute atomic E-state index is 11.4. The van der Waals surface area contributed by atoms with Gasteiger partial charge in [-0.2, -0.15) is 26.3 Å². The van der Waals surface area contributed by atoms with Crippen LogP contribution in [-0.2, 0) is 0 Å². The molecule has 0 atom stereocenters. The van der Waals surface area contributed by atoms with Crippen LogP contribution in [0.15, 0.2) is 23.8 Å². The second-order valence-electron chi connectivity index (χ2n) is 2.19. The molecular formula is C8H9F7. The summed E-state index contributed by atoms with van der Waals surface area (Å²) in [4.78, 5) is 0. The minimum Gasteiger partial charge on any atom is -0.251 e. The van der Waals surface area contributed by atoms with E-state index in [0.29, 0.717) is 0 Å². The second kappa shape index (κ2) is 9.54. The van der Waals surface area contributed by atoms with E-state index in [1.54, 1.807) is 0 Å². The fourth-order valence-corrected chi connectivity index (χ4v) is 0.300. The van der Waals surface area contributed by atoms with Crippen molar-refractivity contribution in [3.63, 3.8) is 0 Å². The molecule has 0 unspecified atom stereocenters. The van der Waals surface area contributed by atoms with Gasteiger partial charge < -0.3 is 0 Å². The number of alkyl halides is 1. The van der Waals surface area contributed by atoms with Gasteiger partial charge in [0.15, 0.2) is 0 Å². The van der Waals surface area contributed by atoms with Gasteiger partial charge in [0.2, 0.25) is 11.7 Å². The maximum Gasteiger partial charge on any atom is 0.308 e. The third kappa shape index (κ3) is 9.30. The van der Waals surface area contributed by atoms with Crippen molar-refractivity contribution in [2.45, 2.75) is 19.8 Å². The summed E-state index contributed by atoms with van der Waals surface area (Å²) in [6.45, 7) is 1.82. The topological polar surface area (TPSA) is 0 Å². The summed E-state index contributed by atoms with van der Waals surface area (Å²) in [6, 6.07) is 0. The lowest BCUT2D eigenvalue weighted by molar-refractivity contribution is 0.340. The molecule has 0 aliphatic rings. The van der Waals surface area contributed by atoms with Crippen molar-refractivity contribution in [2.75, 3.05) is 6.67 Å². The third-order valence-corrected chi connectivity index (χ3v) is 1.01. The molecule has 0 fully saturated rings. The summed E-state index contributed by atoms with van der Waals surface area (Å²) in [5, 5.41) is 0. The molecule has 0 heterocycles. The smallest absolute Gasteiger partial charge is 0.251 e. The highest BCUT2D eigenvalue weighted by Gasteiger charge is 2.16. The number of allylic oxidation sites excluding steroid dienone is 2. The Morgan fingerprint density at radius 3 is 1.20 bits per heavy atom. The molecule has 0 bridgehead atoms. The molecule has 0 aliphatic carbocycles. The van der Waals surface area contributed by atoms with E-state index in [9.17, 15) is 30.7 Å². The van der Waals surface area contributed by atoms with Crippen LogP contribution >= 0.6 is 0 Å². The zero-order chi connectivity index (χ0) is 12.4. The number of hydrogen-bond donors (Lipinski definition) is 0. The van der Waals surface area contributed by atoms with Crippen LogP contribution in [0, 0.1) is 0 Å². The highest BCUT2D eigenvalue weighted by atomic mass is 19.3. The van der Waals surface area contributed by atoms with E-state index in [2.05, 4.69) is 0 Å². The molecule has 0 radical (unpaired) electrons. The lowest BCUT2D eigenvalue weighted by atomic mass is 10.4. The van der Waals surface area contributed by atoms with E-state index in [1.165, 1.54) is 0 Å². The van der Waals surface area contributed by atoms with Gasteiger partial charge in [0.05, 0.1) is 6.67 Å². The Labute approximate surface area is 82.1 Å². The van der Waals surface area contributed by atoms with Gasteiger partial charge in [0.25, 0.3) is 0 Å². The van der Waals surface area contributed by atoms with Crippen molar-refractivity contribution in [1.82, 2.24) is 0 Å². The Morgan fingerprint density at radius 2 is 1.13 bits per heavy atom. The molecular weight excluding hydrogens is 229 g/mol. The molecule has 0 aliphatic heterocycles. The number of rotatable bonds is 3. The van der Waals surface area contributed by atoms with E-state index in [-0.39, 0.29) is 6.67 Å².